The lowest BCUT2D eigenvalue weighted by Crippen LogP contribution is -1.87. The smallest absolute Gasteiger partial charge is 0.0569 e. The van der Waals surface area contributed by atoms with Crippen LogP contribution in [0.15, 0.2) is 17.1 Å². The Morgan fingerprint density at radius 3 is 2.55 bits per heavy atom. The molecule has 0 aliphatic rings. The lowest BCUT2D eigenvalue weighted by atomic mass is 10.3. The summed E-state index contributed by atoms with van der Waals surface area (Å²) in [6.07, 6.45) is 7.82. The van der Waals surface area contributed by atoms with E-state index in [9.17, 15) is 0 Å². The standard InChI is InChI=1S/C10H19N/c1-4-6-7-8-9-11-10(3)5-2/h7-8H,4-6,9H2,1-3H3/b8-7-,11-10-. The Labute approximate surface area is 70.2 Å². The van der Waals surface area contributed by atoms with Gasteiger partial charge in [0.05, 0.1) is 6.54 Å². The summed E-state index contributed by atoms with van der Waals surface area (Å²) in [7, 11) is 0. The molecule has 0 amide bonds. The normalized spacial score (nSPS) is 12.8. The number of rotatable bonds is 5. The van der Waals surface area contributed by atoms with Gasteiger partial charge >= 0.3 is 0 Å². The van der Waals surface area contributed by atoms with Gasteiger partial charge in [-0.05, 0) is 19.8 Å². The van der Waals surface area contributed by atoms with E-state index in [1.54, 1.807) is 0 Å². The quantitative estimate of drug-likeness (QED) is 0.425. The van der Waals surface area contributed by atoms with Crippen molar-refractivity contribution in [2.24, 2.45) is 4.99 Å². The van der Waals surface area contributed by atoms with Crippen LogP contribution in [0.1, 0.15) is 40.0 Å². The van der Waals surface area contributed by atoms with E-state index in [0.717, 1.165) is 13.0 Å². The molecule has 11 heavy (non-hydrogen) atoms. The summed E-state index contributed by atoms with van der Waals surface area (Å²) in [6, 6.07) is 0. The molecule has 1 nitrogen and oxygen atoms in total. The van der Waals surface area contributed by atoms with Crippen molar-refractivity contribution in [1.82, 2.24) is 0 Å². The maximum Gasteiger partial charge on any atom is 0.0569 e. The van der Waals surface area contributed by atoms with Gasteiger partial charge in [-0.3, -0.25) is 4.99 Å². The van der Waals surface area contributed by atoms with E-state index in [2.05, 4.69) is 37.9 Å². The highest BCUT2D eigenvalue weighted by Gasteiger charge is 1.81. The van der Waals surface area contributed by atoms with Crippen molar-refractivity contribution < 1.29 is 0 Å². The molecular formula is C10H19N. The van der Waals surface area contributed by atoms with E-state index in [4.69, 9.17) is 0 Å². The zero-order valence-corrected chi connectivity index (χ0v) is 7.93. The summed E-state index contributed by atoms with van der Waals surface area (Å²) >= 11 is 0. The molecule has 0 atom stereocenters. The minimum Gasteiger partial charge on any atom is -0.290 e. The van der Waals surface area contributed by atoms with Crippen LogP contribution in [0.3, 0.4) is 0 Å². The molecule has 1 heteroatoms. The van der Waals surface area contributed by atoms with Crippen LogP contribution in [0, 0.1) is 0 Å². The van der Waals surface area contributed by atoms with Crippen LogP contribution >= 0.6 is 0 Å². The first kappa shape index (κ1) is 10.4. The van der Waals surface area contributed by atoms with Crippen molar-refractivity contribution in [3.8, 4) is 0 Å². The SMILES string of the molecule is CCC/C=C\C/N=C(/C)CC. The largest absolute Gasteiger partial charge is 0.290 e. The lowest BCUT2D eigenvalue weighted by molar-refractivity contribution is 0.953. The molecule has 0 saturated carbocycles. The fourth-order valence-corrected chi connectivity index (χ4v) is 0.679. The van der Waals surface area contributed by atoms with Gasteiger partial charge in [-0.25, -0.2) is 0 Å². The van der Waals surface area contributed by atoms with Crippen molar-refractivity contribution in [2.45, 2.75) is 40.0 Å². The Morgan fingerprint density at radius 1 is 1.27 bits per heavy atom. The minimum absolute atomic E-state index is 0.861. The second kappa shape index (κ2) is 7.52. The Hall–Kier alpha value is -0.590. The third kappa shape index (κ3) is 7.31. The van der Waals surface area contributed by atoms with Crippen molar-refractivity contribution in [3.63, 3.8) is 0 Å². The van der Waals surface area contributed by atoms with Crippen LogP contribution in [-0.2, 0) is 0 Å². The molecule has 0 aromatic rings. The first-order chi connectivity index (χ1) is 5.31. The fraction of sp³-hybridized carbons (Fsp3) is 0.700. The molecule has 0 unspecified atom stereocenters. The summed E-state index contributed by atoms with van der Waals surface area (Å²) in [5.74, 6) is 0. The molecule has 0 aliphatic carbocycles. The van der Waals surface area contributed by atoms with Gasteiger partial charge in [0.15, 0.2) is 0 Å². The molecule has 0 aromatic carbocycles. The second-order valence-corrected chi connectivity index (χ2v) is 2.69. The van der Waals surface area contributed by atoms with Crippen LogP contribution in [0.25, 0.3) is 0 Å². The number of hydrogen-bond donors (Lipinski definition) is 0. The predicted octanol–water partition coefficient (Wildman–Crippen LogP) is 3.21. The fourth-order valence-electron chi connectivity index (χ4n) is 0.679. The van der Waals surface area contributed by atoms with E-state index in [1.807, 2.05) is 0 Å². The Kier molecular flexibility index (Phi) is 7.11. The average molecular weight is 153 g/mol. The van der Waals surface area contributed by atoms with Gasteiger partial charge in [0.1, 0.15) is 0 Å². The van der Waals surface area contributed by atoms with Crippen LogP contribution in [0.5, 0.6) is 0 Å². The summed E-state index contributed by atoms with van der Waals surface area (Å²) < 4.78 is 0. The third-order valence-corrected chi connectivity index (χ3v) is 1.60. The molecule has 0 bridgehead atoms. The molecular weight excluding hydrogens is 134 g/mol. The Morgan fingerprint density at radius 2 is 2.00 bits per heavy atom. The van der Waals surface area contributed by atoms with Gasteiger partial charge in [-0.15, -0.1) is 0 Å². The van der Waals surface area contributed by atoms with Crippen molar-refractivity contribution in [3.05, 3.63) is 12.2 Å². The van der Waals surface area contributed by atoms with Gasteiger partial charge < -0.3 is 0 Å². The maximum atomic E-state index is 4.34. The van der Waals surface area contributed by atoms with Gasteiger partial charge in [0.25, 0.3) is 0 Å². The number of unbranched alkanes of at least 4 members (excludes halogenated alkanes) is 1. The Balaban J connectivity index is 3.39. The van der Waals surface area contributed by atoms with Crippen molar-refractivity contribution in [2.75, 3.05) is 6.54 Å². The van der Waals surface area contributed by atoms with Crippen LogP contribution in [-0.4, -0.2) is 12.3 Å². The van der Waals surface area contributed by atoms with Crippen molar-refractivity contribution in [1.29, 1.82) is 0 Å². The molecule has 0 N–H and O–H groups in total. The molecule has 0 radical (unpaired) electrons. The van der Waals surface area contributed by atoms with Gasteiger partial charge in [0, 0.05) is 5.71 Å². The highest BCUT2D eigenvalue weighted by molar-refractivity contribution is 5.81. The zero-order chi connectivity index (χ0) is 8.53. The van der Waals surface area contributed by atoms with Crippen LogP contribution in [0.2, 0.25) is 0 Å². The lowest BCUT2D eigenvalue weighted by Gasteiger charge is -1.91. The summed E-state index contributed by atoms with van der Waals surface area (Å²) in [6.45, 7) is 7.26. The third-order valence-electron chi connectivity index (χ3n) is 1.60. The monoisotopic (exact) mass is 153 g/mol. The van der Waals surface area contributed by atoms with Gasteiger partial charge in [-0.1, -0.05) is 32.4 Å². The first-order valence-corrected chi connectivity index (χ1v) is 4.46. The number of hydrogen-bond acceptors (Lipinski definition) is 1. The predicted molar refractivity (Wildman–Crippen MR) is 52.3 cm³/mol. The summed E-state index contributed by atoms with van der Waals surface area (Å²) in [5.41, 5.74) is 1.24. The average Bonchev–Trinajstić information content (AvgIpc) is 2.04. The minimum atomic E-state index is 0.861. The molecule has 0 rings (SSSR count). The van der Waals surface area contributed by atoms with E-state index in [0.29, 0.717) is 0 Å². The Bertz CT molecular complexity index is 134. The van der Waals surface area contributed by atoms with E-state index < -0.39 is 0 Å². The second-order valence-electron chi connectivity index (χ2n) is 2.69. The molecule has 0 heterocycles. The highest BCUT2D eigenvalue weighted by atomic mass is 14.7. The number of allylic oxidation sites excluding steroid dienone is 1. The molecule has 0 spiro atoms. The zero-order valence-electron chi connectivity index (χ0n) is 7.93. The first-order valence-electron chi connectivity index (χ1n) is 4.46. The molecule has 0 saturated heterocycles. The van der Waals surface area contributed by atoms with Crippen LogP contribution < -0.4 is 0 Å². The summed E-state index contributed by atoms with van der Waals surface area (Å²) in [4.78, 5) is 4.34. The molecule has 0 fully saturated rings. The number of aliphatic imine (C=N–C) groups is 1. The maximum absolute atomic E-state index is 4.34. The topological polar surface area (TPSA) is 12.4 Å². The highest BCUT2D eigenvalue weighted by Crippen LogP contribution is 1.89. The van der Waals surface area contributed by atoms with Gasteiger partial charge in [-0.2, -0.15) is 0 Å². The summed E-state index contributed by atoms with van der Waals surface area (Å²) in [5, 5.41) is 0. The molecule has 0 aliphatic heterocycles. The van der Waals surface area contributed by atoms with E-state index in [-0.39, 0.29) is 0 Å². The number of nitrogens with zero attached hydrogens (tertiary/aromatic N) is 1. The molecule has 64 valence electrons. The van der Waals surface area contributed by atoms with Gasteiger partial charge in [0.2, 0.25) is 0 Å². The van der Waals surface area contributed by atoms with E-state index in [1.165, 1.54) is 18.6 Å². The van der Waals surface area contributed by atoms with Crippen molar-refractivity contribution >= 4 is 5.71 Å². The molecule has 0 aromatic heterocycles. The van der Waals surface area contributed by atoms with E-state index >= 15 is 0 Å². The van der Waals surface area contributed by atoms with Crippen LogP contribution in [0.4, 0.5) is 0 Å².